The average Bonchev–Trinajstić information content (AvgIpc) is 2.74. The number of ketones is 1. The Kier molecular flexibility index (Phi) is 3.35. The van der Waals surface area contributed by atoms with E-state index in [-0.39, 0.29) is 23.0 Å². The van der Waals surface area contributed by atoms with E-state index in [4.69, 9.17) is 12.2 Å². The second-order valence-corrected chi connectivity index (χ2v) is 9.21. The number of aliphatic hydroxyl groups is 1. The summed E-state index contributed by atoms with van der Waals surface area (Å²) in [6.07, 6.45) is 6.41. The van der Waals surface area contributed by atoms with Gasteiger partial charge in [-0.25, -0.2) is 4.39 Å². The van der Waals surface area contributed by atoms with Gasteiger partial charge in [0, 0.05) is 21.6 Å². The van der Waals surface area contributed by atoms with Gasteiger partial charge in [0.15, 0.2) is 11.5 Å². The SMILES string of the molecule is CC1C[C@H]2[C@@H]3CCC4=CC(=O)C=C[C@]4(C)[C@@]3(F)[C@@H](O)C[C@]2(C)C1=S. The van der Waals surface area contributed by atoms with E-state index in [2.05, 4.69) is 13.8 Å². The molecule has 7 atom stereocenters. The lowest BCUT2D eigenvalue weighted by molar-refractivity contribution is -0.180. The van der Waals surface area contributed by atoms with Crippen LogP contribution in [0, 0.1) is 28.6 Å². The fourth-order valence-electron chi connectivity index (χ4n) is 6.33. The van der Waals surface area contributed by atoms with Gasteiger partial charge in [0.25, 0.3) is 0 Å². The van der Waals surface area contributed by atoms with E-state index in [1.54, 1.807) is 12.2 Å². The van der Waals surface area contributed by atoms with Crippen molar-refractivity contribution in [2.24, 2.45) is 28.6 Å². The van der Waals surface area contributed by atoms with E-state index in [1.807, 2.05) is 6.92 Å². The average molecular weight is 348 g/mol. The van der Waals surface area contributed by atoms with Crippen molar-refractivity contribution in [3.05, 3.63) is 23.8 Å². The molecule has 0 aromatic carbocycles. The number of carbonyl (C=O) groups excluding carboxylic acids is 1. The zero-order chi connectivity index (χ0) is 17.5. The molecule has 3 fully saturated rings. The van der Waals surface area contributed by atoms with E-state index in [1.165, 1.54) is 6.08 Å². The molecule has 0 aliphatic heterocycles. The molecule has 0 heterocycles. The van der Waals surface area contributed by atoms with Crippen molar-refractivity contribution >= 4 is 22.9 Å². The van der Waals surface area contributed by atoms with Crippen molar-refractivity contribution < 1.29 is 14.3 Å². The van der Waals surface area contributed by atoms with Crippen molar-refractivity contribution in [3.63, 3.8) is 0 Å². The predicted octanol–water partition coefficient (Wildman–Crippen LogP) is 3.97. The van der Waals surface area contributed by atoms with Crippen LogP contribution in [0.25, 0.3) is 0 Å². The molecule has 1 N–H and O–H groups in total. The second-order valence-electron chi connectivity index (χ2n) is 8.77. The number of allylic oxidation sites excluding steroid dienone is 4. The Bertz CT molecular complexity index is 698. The first-order valence-electron chi connectivity index (χ1n) is 9.00. The fourth-order valence-corrected chi connectivity index (χ4v) is 6.66. The highest BCUT2D eigenvalue weighted by molar-refractivity contribution is 7.80. The van der Waals surface area contributed by atoms with E-state index < -0.39 is 17.2 Å². The van der Waals surface area contributed by atoms with Crippen molar-refractivity contribution in [2.75, 3.05) is 0 Å². The summed E-state index contributed by atoms with van der Waals surface area (Å²) in [5, 5.41) is 11.0. The van der Waals surface area contributed by atoms with Gasteiger partial charge in [0.1, 0.15) is 0 Å². The highest BCUT2D eigenvalue weighted by Crippen LogP contribution is 2.67. The third-order valence-corrected chi connectivity index (χ3v) is 8.52. The van der Waals surface area contributed by atoms with Crippen molar-refractivity contribution in [1.82, 2.24) is 0 Å². The van der Waals surface area contributed by atoms with Crippen LogP contribution in [0.4, 0.5) is 4.39 Å². The summed E-state index contributed by atoms with van der Waals surface area (Å²) in [6, 6.07) is 0. The molecule has 0 saturated heterocycles. The van der Waals surface area contributed by atoms with Gasteiger partial charge < -0.3 is 5.11 Å². The molecule has 4 heteroatoms. The number of aliphatic hydroxyl groups excluding tert-OH is 1. The maximum atomic E-state index is 16.6. The zero-order valence-corrected chi connectivity index (χ0v) is 15.3. The van der Waals surface area contributed by atoms with Gasteiger partial charge in [-0.15, -0.1) is 0 Å². The number of thiocarbonyl (C=S) groups is 1. The van der Waals surface area contributed by atoms with Crippen LogP contribution in [0.1, 0.15) is 46.5 Å². The van der Waals surface area contributed by atoms with Gasteiger partial charge in [0.05, 0.1) is 6.10 Å². The smallest absolute Gasteiger partial charge is 0.178 e. The normalized spacial score (nSPS) is 53.3. The van der Waals surface area contributed by atoms with Crippen LogP contribution in [-0.4, -0.2) is 27.5 Å². The molecule has 4 aliphatic rings. The Morgan fingerprint density at radius 1 is 1.33 bits per heavy atom. The molecule has 4 rings (SSSR count). The van der Waals surface area contributed by atoms with Gasteiger partial charge in [-0.3, -0.25) is 4.79 Å². The third kappa shape index (κ3) is 1.74. The van der Waals surface area contributed by atoms with Gasteiger partial charge in [-0.05, 0) is 56.6 Å². The summed E-state index contributed by atoms with van der Waals surface area (Å²) in [4.78, 5) is 12.8. The van der Waals surface area contributed by atoms with Crippen LogP contribution in [0.5, 0.6) is 0 Å². The van der Waals surface area contributed by atoms with Crippen LogP contribution >= 0.6 is 12.2 Å². The van der Waals surface area contributed by atoms with E-state index in [9.17, 15) is 9.90 Å². The standard InChI is InChI=1S/C20H25FO2S/c1-11-8-15-14-5-4-12-9-13(22)6-7-19(12,3)20(14,21)16(23)10-18(15,2)17(11)24/h6-7,9,11,14-16,23H,4-5,8,10H2,1-3H3/t11?,14-,15-,16-,18-,19-,20-/m0/s1. The maximum absolute atomic E-state index is 16.6. The number of halogens is 1. The van der Waals surface area contributed by atoms with Gasteiger partial charge >= 0.3 is 0 Å². The number of fused-ring (bicyclic) bond motifs is 5. The van der Waals surface area contributed by atoms with Crippen LogP contribution in [-0.2, 0) is 4.79 Å². The first-order chi connectivity index (χ1) is 11.1. The zero-order valence-electron chi connectivity index (χ0n) is 14.5. The van der Waals surface area contributed by atoms with E-state index in [0.717, 1.165) is 23.3 Å². The van der Waals surface area contributed by atoms with E-state index in [0.29, 0.717) is 18.8 Å². The molecule has 130 valence electrons. The predicted molar refractivity (Wildman–Crippen MR) is 95.5 cm³/mol. The summed E-state index contributed by atoms with van der Waals surface area (Å²) >= 11 is 5.69. The summed E-state index contributed by atoms with van der Waals surface area (Å²) < 4.78 is 16.6. The number of alkyl halides is 1. The molecule has 4 aliphatic carbocycles. The lowest BCUT2D eigenvalue weighted by Crippen LogP contribution is -2.66. The molecule has 24 heavy (non-hydrogen) atoms. The number of carbonyl (C=O) groups is 1. The van der Waals surface area contributed by atoms with Gasteiger partial charge in [0.2, 0.25) is 0 Å². The number of hydrogen-bond donors (Lipinski definition) is 1. The second kappa shape index (κ2) is 4.85. The Morgan fingerprint density at radius 2 is 2.04 bits per heavy atom. The third-order valence-electron chi connectivity index (χ3n) is 7.65. The lowest BCUT2D eigenvalue weighted by Gasteiger charge is -2.61. The number of hydrogen-bond acceptors (Lipinski definition) is 3. The largest absolute Gasteiger partial charge is 0.390 e. The van der Waals surface area contributed by atoms with Crippen LogP contribution < -0.4 is 0 Å². The fraction of sp³-hybridized carbons (Fsp3) is 0.700. The topological polar surface area (TPSA) is 37.3 Å². The first kappa shape index (κ1) is 16.6. The molecular weight excluding hydrogens is 323 g/mol. The Balaban J connectivity index is 1.84. The molecule has 0 aromatic heterocycles. The van der Waals surface area contributed by atoms with Crippen LogP contribution in [0.15, 0.2) is 23.8 Å². The minimum Gasteiger partial charge on any atom is -0.390 e. The maximum Gasteiger partial charge on any atom is 0.178 e. The van der Waals surface area contributed by atoms with Gasteiger partial charge in [-0.2, -0.15) is 0 Å². The lowest BCUT2D eigenvalue weighted by atomic mass is 9.46. The summed E-state index contributed by atoms with van der Waals surface area (Å²) in [7, 11) is 0. The highest BCUT2D eigenvalue weighted by atomic mass is 32.1. The van der Waals surface area contributed by atoms with Gasteiger partial charge in [-0.1, -0.05) is 37.7 Å². The molecule has 0 radical (unpaired) electrons. The minimum atomic E-state index is -1.72. The van der Waals surface area contributed by atoms with Crippen LogP contribution in [0.3, 0.4) is 0 Å². The molecular formula is C20H25FO2S. The van der Waals surface area contributed by atoms with E-state index >= 15 is 4.39 Å². The molecule has 2 nitrogen and oxygen atoms in total. The Hall–Kier alpha value is -0.870. The van der Waals surface area contributed by atoms with Crippen molar-refractivity contribution in [3.8, 4) is 0 Å². The molecule has 0 spiro atoms. The quantitative estimate of drug-likeness (QED) is 0.673. The monoisotopic (exact) mass is 348 g/mol. The summed E-state index contributed by atoms with van der Waals surface area (Å²) in [5.41, 5.74) is -2.03. The molecule has 0 bridgehead atoms. The summed E-state index contributed by atoms with van der Waals surface area (Å²) in [5.74, 6) is 0.194. The highest BCUT2D eigenvalue weighted by Gasteiger charge is 2.70. The molecule has 0 aromatic rings. The molecule has 3 saturated carbocycles. The Labute approximate surface area is 148 Å². The Morgan fingerprint density at radius 3 is 2.75 bits per heavy atom. The molecule has 0 amide bonds. The van der Waals surface area contributed by atoms with Crippen LogP contribution in [0.2, 0.25) is 0 Å². The minimum absolute atomic E-state index is 0.0738. The first-order valence-corrected chi connectivity index (χ1v) is 9.41. The molecule has 1 unspecified atom stereocenters. The van der Waals surface area contributed by atoms with Crippen molar-refractivity contribution in [1.29, 1.82) is 0 Å². The van der Waals surface area contributed by atoms with Crippen molar-refractivity contribution in [2.45, 2.75) is 58.2 Å². The summed E-state index contributed by atoms with van der Waals surface area (Å²) in [6.45, 7) is 6.12. The number of rotatable bonds is 0.